The van der Waals surface area contributed by atoms with Crippen LogP contribution in [-0.4, -0.2) is 21.6 Å². The summed E-state index contributed by atoms with van der Waals surface area (Å²) < 4.78 is 0. The van der Waals surface area contributed by atoms with Crippen LogP contribution in [0.1, 0.15) is 5.69 Å². The number of rotatable bonds is 3. The highest BCUT2D eigenvalue weighted by molar-refractivity contribution is 5.50. The van der Waals surface area contributed by atoms with Gasteiger partial charge in [-0.05, 0) is 28.1 Å². The molecule has 0 aliphatic carbocycles. The van der Waals surface area contributed by atoms with Crippen LogP contribution in [0.5, 0.6) is 5.75 Å². The fraction of sp³-hybridized carbons (Fsp3) is 0.125. The maximum atomic E-state index is 10.4. The molecule has 0 aromatic carbocycles. The summed E-state index contributed by atoms with van der Waals surface area (Å²) in [5, 5.41) is 19.5. The first-order valence-corrected chi connectivity index (χ1v) is 3.86. The van der Waals surface area contributed by atoms with Gasteiger partial charge >= 0.3 is 5.82 Å². The van der Waals surface area contributed by atoms with E-state index in [9.17, 15) is 10.1 Å². The Morgan fingerprint density at radius 2 is 2.36 bits per heavy atom. The smallest absolute Gasteiger partial charge is 0.406 e. The van der Waals surface area contributed by atoms with Gasteiger partial charge in [0, 0.05) is 6.54 Å². The van der Waals surface area contributed by atoms with Crippen LogP contribution in [0.25, 0.3) is 6.08 Å². The molecule has 0 fully saturated rings. The van der Waals surface area contributed by atoms with Crippen molar-refractivity contribution in [2.24, 2.45) is 5.73 Å². The highest BCUT2D eigenvalue weighted by Gasteiger charge is 2.15. The molecular weight excluding hydrogens is 186 g/mol. The predicted molar refractivity (Wildman–Crippen MR) is 50.6 cm³/mol. The van der Waals surface area contributed by atoms with Gasteiger partial charge in [0.1, 0.15) is 0 Å². The maximum Gasteiger partial charge on any atom is 0.406 e. The average Bonchev–Trinajstić information content (AvgIpc) is 2.16. The minimum atomic E-state index is -0.741. The number of nitro groups is 1. The van der Waals surface area contributed by atoms with Gasteiger partial charge in [0.25, 0.3) is 0 Å². The molecule has 0 amide bonds. The van der Waals surface area contributed by atoms with Crippen LogP contribution in [0.2, 0.25) is 0 Å². The molecule has 0 aliphatic heterocycles. The number of aromatic nitrogens is 1. The fourth-order valence-corrected chi connectivity index (χ4v) is 0.872. The lowest BCUT2D eigenvalue weighted by molar-refractivity contribution is -0.390. The number of nitrogens with zero attached hydrogens (tertiary/aromatic N) is 2. The van der Waals surface area contributed by atoms with Crippen molar-refractivity contribution >= 4 is 11.9 Å². The first-order chi connectivity index (χ1) is 6.65. The zero-order valence-corrected chi connectivity index (χ0v) is 7.25. The summed E-state index contributed by atoms with van der Waals surface area (Å²) >= 11 is 0. The van der Waals surface area contributed by atoms with E-state index in [1.807, 2.05) is 0 Å². The lowest BCUT2D eigenvalue weighted by atomic mass is 10.3. The highest BCUT2D eigenvalue weighted by Crippen LogP contribution is 2.22. The summed E-state index contributed by atoms with van der Waals surface area (Å²) in [5.41, 5.74) is 5.60. The molecule has 0 saturated carbocycles. The zero-order valence-electron chi connectivity index (χ0n) is 7.25. The second-order valence-corrected chi connectivity index (χ2v) is 2.47. The normalized spacial score (nSPS) is 10.6. The third-order valence-electron chi connectivity index (χ3n) is 1.47. The molecular formula is C8H9N3O3. The monoisotopic (exact) mass is 195 g/mol. The van der Waals surface area contributed by atoms with Gasteiger partial charge in [-0.1, -0.05) is 6.08 Å². The molecule has 6 nitrogen and oxygen atoms in total. The fourth-order valence-electron chi connectivity index (χ4n) is 0.872. The van der Waals surface area contributed by atoms with Crippen molar-refractivity contribution in [2.45, 2.75) is 0 Å². The summed E-state index contributed by atoms with van der Waals surface area (Å²) in [5.74, 6) is -0.996. The second-order valence-electron chi connectivity index (χ2n) is 2.47. The van der Waals surface area contributed by atoms with Crippen LogP contribution in [0, 0.1) is 10.1 Å². The first-order valence-electron chi connectivity index (χ1n) is 3.86. The largest absolute Gasteiger partial charge is 0.501 e. The lowest BCUT2D eigenvalue weighted by Gasteiger charge is -1.95. The topological polar surface area (TPSA) is 102 Å². The molecule has 1 aromatic rings. The van der Waals surface area contributed by atoms with Gasteiger partial charge in [0.05, 0.1) is 0 Å². The van der Waals surface area contributed by atoms with Gasteiger partial charge in [-0.2, -0.15) is 0 Å². The molecule has 0 spiro atoms. The Kier molecular flexibility index (Phi) is 3.14. The van der Waals surface area contributed by atoms with Crippen LogP contribution in [0.15, 0.2) is 18.2 Å². The van der Waals surface area contributed by atoms with E-state index in [1.54, 1.807) is 12.2 Å². The summed E-state index contributed by atoms with van der Waals surface area (Å²) in [6.45, 7) is 0.330. The maximum absolute atomic E-state index is 10.4. The number of hydrogen-bond acceptors (Lipinski definition) is 5. The Balaban J connectivity index is 3.06. The Hall–Kier alpha value is -1.95. The van der Waals surface area contributed by atoms with Crippen LogP contribution >= 0.6 is 0 Å². The molecule has 0 bridgehead atoms. The Morgan fingerprint density at radius 3 is 2.93 bits per heavy atom. The van der Waals surface area contributed by atoms with Gasteiger partial charge in [-0.15, -0.1) is 0 Å². The minimum Gasteiger partial charge on any atom is -0.501 e. The Bertz CT molecular complexity index is 376. The van der Waals surface area contributed by atoms with E-state index in [-0.39, 0.29) is 0 Å². The molecule has 0 unspecified atom stereocenters. The van der Waals surface area contributed by atoms with Crippen LogP contribution in [0.3, 0.4) is 0 Å². The van der Waals surface area contributed by atoms with E-state index in [0.29, 0.717) is 12.2 Å². The van der Waals surface area contributed by atoms with Gasteiger partial charge in [0.15, 0.2) is 5.69 Å². The van der Waals surface area contributed by atoms with Crippen molar-refractivity contribution in [2.75, 3.05) is 6.54 Å². The predicted octanol–water partition coefficient (Wildman–Crippen LogP) is 0.667. The summed E-state index contributed by atoms with van der Waals surface area (Å²) in [6, 6.07) is 2.69. The van der Waals surface area contributed by atoms with Crippen molar-refractivity contribution in [3.63, 3.8) is 0 Å². The van der Waals surface area contributed by atoms with Gasteiger partial charge < -0.3 is 21.0 Å². The average molecular weight is 195 g/mol. The number of nitrogens with two attached hydrogens (primary N) is 1. The summed E-state index contributed by atoms with van der Waals surface area (Å²) in [4.78, 5) is 13.3. The van der Waals surface area contributed by atoms with Gasteiger partial charge in [0.2, 0.25) is 5.75 Å². The molecule has 0 saturated heterocycles. The minimum absolute atomic E-state index is 0.330. The quantitative estimate of drug-likeness (QED) is 0.545. The molecule has 14 heavy (non-hydrogen) atoms. The van der Waals surface area contributed by atoms with E-state index >= 15 is 0 Å². The van der Waals surface area contributed by atoms with Crippen molar-refractivity contribution in [1.82, 2.24) is 4.98 Å². The van der Waals surface area contributed by atoms with E-state index in [1.165, 1.54) is 12.1 Å². The standard InChI is InChI=1S/C8H9N3O3/c9-5-1-2-6-3-4-7(12)8(10-6)11(13)14/h1-4,12H,5,9H2. The number of aromatic hydroxyl groups is 1. The summed E-state index contributed by atoms with van der Waals surface area (Å²) in [6.07, 6.45) is 3.16. The van der Waals surface area contributed by atoms with Gasteiger partial charge in [-0.25, -0.2) is 0 Å². The SMILES string of the molecule is NCC=Cc1ccc(O)c([N+](=O)[O-])n1. The van der Waals surface area contributed by atoms with Crippen LogP contribution in [-0.2, 0) is 0 Å². The third-order valence-corrected chi connectivity index (χ3v) is 1.47. The molecule has 74 valence electrons. The van der Waals surface area contributed by atoms with E-state index in [4.69, 9.17) is 10.8 Å². The van der Waals surface area contributed by atoms with E-state index < -0.39 is 16.5 Å². The third kappa shape index (κ3) is 2.27. The molecule has 0 aliphatic rings. The zero-order chi connectivity index (χ0) is 10.6. The van der Waals surface area contributed by atoms with Crippen LogP contribution < -0.4 is 5.73 Å². The molecule has 1 rings (SSSR count). The first kappa shape index (κ1) is 10.1. The number of pyridine rings is 1. The lowest BCUT2D eigenvalue weighted by Crippen LogP contribution is -1.95. The molecule has 1 aromatic heterocycles. The van der Waals surface area contributed by atoms with E-state index in [2.05, 4.69) is 4.98 Å². The van der Waals surface area contributed by atoms with Crippen LogP contribution in [0.4, 0.5) is 5.82 Å². The summed E-state index contributed by atoms with van der Waals surface area (Å²) in [7, 11) is 0. The Labute approximate surface area is 79.8 Å². The molecule has 6 heteroatoms. The molecule has 0 atom stereocenters. The molecule has 3 N–H and O–H groups in total. The van der Waals surface area contributed by atoms with Crippen molar-refractivity contribution in [3.05, 3.63) is 34.0 Å². The Morgan fingerprint density at radius 1 is 1.64 bits per heavy atom. The van der Waals surface area contributed by atoms with Gasteiger partial charge in [-0.3, -0.25) is 0 Å². The number of hydrogen-bond donors (Lipinski definition) is 2. The van der Waals surface area contributed by atoms with Crippen molar-refractivity contribution in [3.8, 4) is 5.75 Å². The van der Waals surface area contributed by atoms with E-state index in [0.717, 1.165) is 0 Å². The molecule has 0 radical (unpaired) electrons. The second kappa shape index (κ2) is 4.33. The van der Waals surface area contributed by atoms with Crippen molar-refractivity contribution in [1.29, 1.82) is 0 Å². The van der Waals surface area contributed by atoms with Crippen molar-refractivity contribution < 1.29 is 10.0 Å². The highest BCUT2D eigenvalue weighted by atomic mass is 16.6. The molecule has 1 heterocycles.